The van der Waals surface area contributed by atoms with Gasteiger partial charge in [0.2, 0.25) is 0 Å². The Bertz CT molecular complexity index is 555. The highest BCUT2D eigenvalue weighted by molar-refractivity contribution is 7.55. The van der Waals surface area contributed by atoms with E-state index in [9.17, 15) is 18.1 Å². The van der Waals surface area contributed by atoms with Crippen LogP contribution in [0.15, 0.2) is 30.3 Å². The molecule has 0 heterocycles. The van der Waals surface area contributed by atoms with E-state index >= 15 is 0 Å². The summed E-state index contributed by atoms with van der Waals surface area (Å²) in [7, 11) is -4.65. The molecule has 0 aliphatic heterocycles. The van der Waals surface area contributed by atoms with Crippen molar-refractivity contribution in [1.29, 1.82) is 0 Å². The van der Waals surface area contributed by atoms with Crippen molar-refractivity contribution < 1.29 is 31.9 Å². The van der Waals surface area contributed by atoms with Crippen molar-refractivity contribution in [3.63, 3.8) is 0 Å². The van der Waals surface area contributed by atoms with Crippen molar-refractivity contribution in [2.75, 3.05) is 13.2 Å². The second kappa shape index (κ2) is 9.25. The van der Waals surface area contributed by atoms with Crippen molar-refractivity contribution in [2.24, 2.45) is 5.92 Å². The van der Waals surface area contributed by atoms with E-state index in [0.717, 1.165) is 12.5 Å². The Labute approximate surface area is 140 Å². The SMILES string of the molecule is CCOP(=O)(OCC)C(F)(F)[C@@H](C)CC(=O)OCc1ccccc1. The van der Waals surface area contributed by atoms with Crippen LogP contribution in [0.4, 0.5) is 8.78 Å². The van der Waals surface area contributed by atoms with E-state index in [-0.39, 0.29) is 19.8 Å². The van der Waals surface area contributed by atoms with Gasteiger partial charge in [-0.25, -0.2) is 0 Å². The van der Waals surface area contributed by atoms with Gasteiger partial charge in [0, 0.05) is 5.92 Å². The third-order valence-electron chi connectivity index (χ3n) is 3.27. The van der Waals surface area contributed by atoms with Crippen molar-refractivity contribution in [3.8, 4) is 0 Å². The van der Waals surface area contributed by atoms with E-state index in [2.05, 4.69) is 0 Å². The lowest BCUT2D eigenvalue weighted by molar-refractivity contribution is -0.148. The number of ether oxygens (including phenoxy) is 1. The van der Waals surface area contributed by atoms with Gasteiger partial charge in [-0.1, -0.05) is 37.3 Å². The van der Waals surface area contributed by atoms with Crippen LogP contribution in [0.2, 0.25) is 0 Å². The van der Waals surface area contributed by atoms with E-state index in [1.165, 1.54) is 13.8 Å². The van der Waals surface area contributed by atoms with Gasteiger partial charge in [0.1, 0.15) is 6.61 Å². The number of hydrogen-bond acceptors (Lipinski definition) is 5. The monoisotopic (exact) mass is 364 g/mol. The van der Waals surface area contributed by atoms with Gasteiger partial charge in [-0.15, -0.1) is 0 Å². The van der Waals surface area contributed by atoms with Gasteiger partial charge >= 0.3 is 19.2 Å². The minimum absolute atomic E-state index is 0.00740. The largest absolute Gasteiger partial charge is 0.461 e. The normalized spacial score (nSPS) is 13.5. The molecule has 0 amide bonds. The number of esters is 1. The van der Waals surface area contributed by atoms with Crippen LogP contribution in [0, 0.1) is 5.92 Å². The van der Waals surface area contributed by atoms with Crippen LogP contribution in [0.3, 0.4) is 0 Å². The minimum Gasteiger partial charge on any atom is -0.461 e. The zero-order valence-electron chi connectivity index (χ0n) is 14.0. The molecule has 0 aromatic heterocycles. The summed E-state index contributed by atoms with van der Waals surface area (Å²) in [6, 6.07) is 8.88. The fourth-order valence-corrected chi connectivity index (χ4v) is 3.72. The summed E-state index contributed by atoms with van der Waals surface area (Å²) < 4.78 is 55.6. The lowest BCUT2D eigenvalue weighted by Crippen LogP contribution is -2.30. The predicted molar refractivity (Wildman–Crippen MR) is 85.8 cm³/mol. The topological polar surface area (TPSA) is 61.8 Å². The van der Waals surface area contributed by atoms with Crippen LogP contribution < -0.4 is 0 Å². The maximum Gasteiger partial charge on any atom is 0.399 e. The summed E-state index contributed by atoms with van der Waals surface area (Å²) in [6.07, 6.45) is -0.593. The maximum absolute atomic E-state index is 14.4. The van der Waals surface area contributed by atoms with Gasteiger partial charge in [0.25, 0.3) is 0 Å². The van der Waals surface area contributed by atoms with Crippen LogP contribution in [0.25, 0.3) is 0 Å². The van der Waals surface area contributed by atoms with Gasteiger partial charge in [0.05, 0.1) is 19.6 Å². The van der Waals surface area contributed by atoms with Crippen LogP contribution >= 0.6 is 7.60 Å². The Hall–Kier alpha value is -1.30. The Morgan fingerprint density at radius 3 is 2.21 bits per heavy atom. The summed E-state index contributed by atoms with van der Waals surface area (Å²) in [5, 5.41) is 0. The second-order valence-electron chi connectivity index (χ2n) is 5.17. The zero-order valence-corrected chi connectivity index (χ0v) is 14.9. The average Bonchev–Trinajstić information content (AvgIpc) is 2.54. The Kier molecular flexibility index (Phi) is 8.00. The third-order valence-corrected chi connectivity index (χ3v) is 5.64. The van der Waals surface area contributed by atoms with Gasteiger partial charge in [-0.3, -0.25) is 9.36 Å². The van der Waals surface area contributed by atoms with Crippen molar-refractivity contribution >= 4 is 13.6 Å². The summed E-state index contributed by atoms with van der Waals surface area (Å²) >= 11 is 0. The van der Waals surface area contributed by atoms with Crippen molar-refractivity contribution in [1.82, 2.24) is 0 Å². The number of rotatable bonds is 10. The number of carbonyl (C=O) groups excluding carboxylic acids is 1. The number of carbonyl (C=O) groups is 1. The summed E-state index contributed by atoms with van der Waals surface area (Å²) in [5.74, 6) is -2.35. The van der Waals surface area contributed by atoms with E-state index in [0.29, 0.717) is 0 Å². The first-order chi connectivity index (χ1) is 11.3. The van der Waals surface area contributed by atoms with Gasteiger partial charge < -0.3 is 13.8 Å². The molecule has 24 heavy (non-hydrogen) atoms. The fourth-order valence-electron chi connectivity index (χ4n) is 1.99. The maximum atomic E-state index is 14.4. The third kappa shape index (κ3) is 5.36. The molecule has 1 aromatic carbocycles. The molecule has 8 heteroatoms. The quantitative estimate of drug-likeness (QED) is 0.448. The smallest absolute Gasteiger partial charge is 0.399 e. The van der Waals surface area contributed by atoms with Crippen molar-refractivity contribution in [2.45, 2.75) is 39.5 Å². The molecule has 0 fully saturated rings. The lowest BCUT2D eigenvalue weighted by Gasteiger charge is -2.29. The molecular weight excluding hydrogens is 341 g/mol. The van der Waals surface area contributed by atoms with E-state index < -0.39 is 31.6 Å². The molecule has 0 saturated heterocycles. The molecule has 0 saturated carbocycles. The molecule has 0 aliphatic carbocycles. The Morgan fingerprint density at radius 1 is 1.17 bits per heavy atom. The Balaban J connectivity index is 2.67. The molecule has 0 N–H and O–H groups in total. The number of hydrogen-bond donors (Lipinski definition) is 0. The summed E-state index contributed by atoms with van der Waals surface area (Å²) in [6.45, 7) is 3.64. The summed E-state index contributed by atoms with van der Waals surface area (Å²) in [4.78, 5) is 11.8. The second-order valence-corrected chi connectivity index (χ2v) is 7.28. The highest BCUT2D eigenvalue weighted by Gasteiger charge is 2.57. The highest BCUT2D eigenvalue weighted by Crippen LogP contribution is 2.65. The number of alkyl halides is 2. The van der Waals surface area contributed by atoms with Gasteiger partial charge in [0.15, 0.2) is 0 Å². The minimum atomic E-state index is -4.65. The molecule has 1 rings (SSSR count). The molecule has 1 aromatic rings. The van der Waals surface area contributed by atoms with Crippen LogP contribution in [0.5, 0.6) is 0 Å². The van der Waals surface area contributed by atoms with Gasteiger partial charge in [-0.05, 0) is 19.4 Å². The molecule has 0 unspecified atom stereocenters. The molecule has 1 atom stereocenters. The molecule has 0 spiro atoms. The number of halogens is 2. The first-order valence-corrected chi connectivity index (χ1v) is 9.27. The highest BCUT2D eigenvalue weighted by atomic mass is 31.2. The zero-order chi connectivity index (χ0) is 18.2. The first kappa shape index (κ1) is 20.7. The molecule has 0 radical (unpaired) electrons. The first-order valence-electron chi connectivity index (χ1n) is 7.73. The standard InChI is InChI=1S/C16H23F2O5P/c1-4-22-24(20,23-5-2)16(17,18)13(3)11-15(19)21-12-14-9-7-6-8-10-14/h6-10,13H,4-5,11-12H2,1-3H3/t13-/m0/s1. The van der Waals surface area contributed by atoms with E-state index in [4.69, 9.17) is 13.8 Å². The predicted octanol–water partition coefficient (Wildman–Crippen LogP) is 4.61. The molecule has 0 bridgehead atoms. The van der Waals surface area contributed by atoms with Crippen molar-refractivity contribution in [3.05, 3.63) is 35.9 Å². The molecule has 0 aliphatic rings. The van der Waals surface area contributed by atoms with E-state index in [1.807, 2.05) is 6.07 Å². The van der Waals surface area contributed by atoms with Crippen LogP contribution in [-0.4, -0.2) is 24.8 Å². The van der Waals surface area contributed by atoms with Gasteiger partial charge in [-0.2, -0.15) is 8.78 Å². The van der Waals surface area contributed by atoms with Crippen LogP contribution in [-0.2, 0) is 29.8 Å². The summed E-state index contributed by atoms with van der Waals surface area (Å²) in [5.41, 5.74) is -3.04. The number of benzene rings is 1. The lowest BCUT2D eigenvalue weighted by atomic mass is 10.1. The Morgan fingerprint density at radius 2 is 1.71 bits per heavy atom. The average molecular weight is 364 g/mol. The molecular formula is C16H23F2O5P. The molecule has 136 valence electrons. The van der Waals surface area contributed by atoms with Crippen LogP contribution in [0.1, 0.15) is 32.8 Å². The molecule has 5 nitrogen and oxygen atoms in total. The van der Waals surface area contributed by atoms with E-state index in [1.54, 1.807) is 24.3 Å². The fraction of sp³-hybridized carbons (Fsp3) is 0.562.